The second kappa shape index (κ2) is 42.3. The lowest BCUT2D eigenvalue weighted by molar-refractivity contribution is -0.149. The summed E-state index contributed by atoms with van der Waals surface area (Å²) < 4.78 is 35.2. The van der Waals surface area contributed by atoms with Crippen LogP contribution in [0.15, 0.2) is 82.8 Å². The largest absolute Gasteiger partial charge is 0.462 e. The van der Waals surface area contributed by atoms with Crippen molar-refractivity contribution in [1.82, 2.24) is 22.8 Å². The molecule has 704 valence electrons. The molecule has 2 unspecified atom stereocenters. The van der Waals surface area contributed by atoms with Crippen molar-refractivity contribution in [2.75, 3.05) is 19.8 Å². The Morgan fingerprint density at radius 1 is 0.389 bits per heavy atom. The van der Waals surface area contributed by atoms with Crippen LogP contribution in [0.3, 0.4) is 0 Å². The summed E-state index contributed by atoms with van der Waals surface area (Å²) in [6.45, 7) is 47.7. The number of hydrogen-bond acceptors (Lipinski definition) is 20. The predicted octanol–water partition coefficient (Wildman–Crippen LogP) is 12.4. The number of pyridine rings is 5. The minimum atomic E-state index is -1.18. The van der Waals surface area contributed by atoms with E-state index in [1.165, 1.54) is 35.7 Å². The van der Waals surface area contributed by atoms with Crippen LogP contribution in [-0.4, -0.2) is 138 Å². The monoisotopic (exact) mass is 1800 g/mol. The van der Waals surface area contributed by atoms with Gasteiger partial charge in [-0.25, -0.2) is 24.0 Å². The standard InChI is InChI=1S/C22H27NO4.4C21H27NO4/c1-14-11-17-19(18(14)21(25)27-13-15-7-5-6-8-15)16(9-10-22(2,3)26)12-23(4)20(17)24;1-13-10-15-17(16(13)19(24)26-12-20(2,3)4)14(8-9-21(5,6)25)11-22(7)18(15)23;1-12(2)14(4)26-20(24)17-13(3)10-16-18(17)15(8-9-21(5,6)25)11-22(7)19(16)23;1-8-21(5,6)26-19(24)16-13(2)11-15-17(16)14(9-10-20(3,4)25)12-22(7)18(15)23;1-7-13(2)12-26-20(24)17-14(3)10-16-18(17)15(8-9-21(4,5)25)11-22(6)19(16)23/h12,15,26H,5-8,11,13H2,1-4H3;11,25H,10,12H2,1-7H3;11-12,14,25H,10H2,1-7H3;12,25H,8,11H2,1-7H3;11,13,25H,7,10,12H2,1-6H3. The fourth-order valence-electron chi connectivity index (χ4n) is 15.0. The highest BCUT2D eigenvalue weighted by molar-refractivity contribution is 6.23. The SMILES string of the molecule is CC1=C(C(=O)OC(C)C(C)C)c2c(C#CC(C)(C)O)cn(C)c(=O)c2C1.CC1=C(C(=O)OCC(C)(C)C)c2c(C#CC(C)(C)O)cn(C)c(=O)c2C1.CC1=C(C(=O)OCC2CCCC2)c2c(C#CC(C)(C)O)cn(C)c(=O)c2C1.CCC(C)(C)OC(=O)C1=C(C)Cc2c1c(C#CC(C)(C)O)cn(C)c2=O.CCC(C)COC(=O)C1=C(C)Cc2c1c(C#CC(C)(C)O)cn(C)c2=O. The van der Waals surface area contributed by atoms with Crippen LogP contribution in [0.25, 0.3) is 27.9 Å². The number of aromatic nitrogens is 5. The van der Waals surface area contributed by atoms with E-state index in [4.69, 9.17) is 23.7 Å². The molecule has 5 aromatic heterocycles. The highest BCUT2D eigenvalue weighted by atomic mass is 16.6. The third-order valence-corrected chi connectivity index (χ3v) is 22.7. The van der Waals surface area contributed by atoms with E-state index in [0.29, 0.717) is 169 Å². The molecule has 0 radical (unpaired) electrons. The number of aliphatic hydroxyl groups is 5. The average molecular weight is 1800 g/mol. The topological polar surface area (TPSA) is 343 Å². The van der Waals surface area contributed by atoms with Crippen LogP contribution < -0.4 is 27.8 Å². The summed E-state index contributed by atoms with van der Waals surface area (Å²) in [5, 5.41) is 49.6. The second-order valence-corrected chi connectivity index (χ2v) is 40.1. The molecule has 0 aromatic carbocycles. The first-order valence-electron chi connectivity index (χ1n) is 44.7. The van der Waals surface area contributed by atoms with Gasteiger partial charge in [0.2, 0.25) is 0 Å². The lowest BCUT2D eigenvalue weighted by Gasteiger charge is -2.24. The molecule has 25 nitrogen and oxygen atoms in total. The Hall–Kier alpha value is -11.6. The molecule has 0 bridgehead atoms. The Bertz CT molecular complexity index is 6210. The molecule has 0 aliphatic heterocycles. The lowest BCUT2D eigenvalue weighted by Crippen LogP contribution is -2.28. The molecule has 25 heteroatoms. The van der Waals surface area contributed by atoms with E-state index in [1.807, 2.05) is 111 Å². The minimum absolute atomic E-state index is 0.128. The number of rotatable bonds is 15. The van der Waals surface area contributed by atoms with Gasteiger partial charge in [-0.2, -0.15) is 0 Å². The van der Waals surface area contributed by atoms with Gasteiger partial charge < -0.3 is 72.1 Å². The van der Waals surface area contributed by atoms with Crippen LogP contribution in [0.1, 0.15) is 302 Å². The van der Waals surface area contributed by atoms with Crippen molar-refractivity contribution >= 4 is 57.7 Å². The van der Waals surface area contributed by atoms with Gasteiger partial charge in [0.15, 0.2) is 0 Å². The molecule has 2 atom stereocenters. The van der Waals surface area contributed by atoms with Crippen molar-refractivity contribution in [3.8, 4) is 59.2 Å². The minimum Gasteiger partial charge on any atom is -0.462 e. The number of fused-ring (bicyclic) bond motifs is 5. The number of carbonyl (C=O) groups excluding carboxylic acids is 5. The van der Waals surface area contributed by atoms with E-state index in [1.54, 1.807) is 135 Å². The fraction of sp³-hybridized carbons (Fsp3) is 0.528. The summed E-state index contributed by atoms with van der Waals surface area (Å²) in [6.07, 6.45) is 16.1. The van der Waals surface area contributed by atoms with Crippen LogP contribution >= 0.6 is 0 Å². The molecule has 5 aromatic rings. The molecule has 5 heterocycles. The van der Waals surface area contributed by atoms with Gasteiger partial charge >= 0.3 is 29.8 Å². The van der Waals surface area contributed by atoms with Crippen LogP contribution in [0.5, 0.6) is 0 Å². The van der Waals surface area contributed by atoms with E-state index in [2.05, 4.69) is 59.2 Å². The normalized spacial score (nSPS) is 14.9. The first kappa shape index (κ1) is 106. The van der Waals surface area contributed by atoms with Gasteiger partial charge in [-0.05, 0) is 167 Å². The molecule has 1 saturated carbocycles. The molecule has 131 heavy (non-hydrogen) atoms. The molecule has 0 amide bonds. The van der Waals surface area contributed by atoms with Gasteiger partial charge in [-0.3, -0.25) is 24.0 Å². The Kier molecular flexibility index (Phi) is 34.4. The number of allylic oxidation sites excluding steroid dienone is 5. The van der Waals surface area contributed by atoms with Gasteiger partial charge in [0.05, 0.1) is 47.7 Å². The Labute approximate surface area is 771 Å². The Morgan fingerprint density at radius 3 is 0.885 bits per heavy atom. The highest BCUT2D eigenvalue weighted by Crippen LogP contribution is 2.41. The van der Waals surface area contributed by atoms with Crippen molar-refractivity contribution in [2.45, 2.75) is 290 Å². The van der Waals surface area contributed by atoms with Gasteiger partial charge in [-0.1, -0.05) is 162 Å². The van der Waals surface area contributed by atoms with Gasteiger partial charge in [0.1, 0.15) is 39.7 Å². The molecule has 0 saturated heterocycles. The average Bonchev–Trinajstić information content (AvgIpc) is 1.62. The van der Waals surface area contributed by atoms with Crippen molar-refractivity contribution in [3.05, 3.63) is 194 Å². The van der Waals surface area contributed by atoms with Crippen LogP contribution in [-0.2, 0) is 115 Å². The summed E-state index contributed by atoms with van der Waals surface area (Å²) in [7, 11) is 8.30. The summed E-state index contributed by atoms with van der Waals surface area (Å²) in [5.74, 6) is 27.3. The molecule has 0 spiro atoms. The van der Waals surface area contributed by atoms with Crippen LogP contribution in [0.4, 0.5) is 0 Å². The molecular formula is C106H135N5O20. The van der Waals surface area contributed by atoms with Crippen molar-refractivity contribution in [3.63, 3.8) is 0 Å². The molecule has 6 aliphatic carbocycles. The molecule has 6 aliphatic rings. The lowest BCUT2D eigenvalue weighted by atomic mass is 9.98. The summed E-state index contributed by atoms with van der Waals surface area (Å²) >= 11 is 0. The molecule has 1 fully saturated rings. The number of aryl methyl sites for hydroxylation is 5. The summed E-state index contributed by atoms with van der Waals surface area (Å²) in [5.41, 5.74) is 7.17. The van der Waals surface area contributed by atoms with E-state index in [9.17, 15) is 73.5 Å². The first-order valence-corrected chi connectivity index (χ1v) is 44.7. The van der Waals surface area contributed by atoms with Gasteiger partial charge in [0.25, 0.3) is 27.8 Å². The van der Waals surface area contributed by atoms with E-state index < -0.39 is 57.5 Å². The third kappa shape index (κ3) is 28.0. The smallest absolute Gasteiger partial charge is 0.339 e. The number of nitrogens with zero attached hydrogens (tertiary/aromatic N) is 5. The number of carbonyl (C=O) groups is 5. The zero-order valence-corrected chi connectivity index (χ0v) is 82.7. The maximum atomic E-state index is 12.9. The summed E-state index contributed by atoms with van der Waals surface area (Å²) in [6, 6.07) is 0. The quantitative estimate of drug-likeness (QED) is 0.0369. The maximum absolute atomic E-state index is 12.9. The second-order valence-electron chi connectivity index (χ2n) is 40.1. The fourth-order valence-corrected chi connectivity index (χ4v) is 15.0. The zero-order valence-electron chi connectivity index (χ0n) is 82.7. The first-order chi connectivity index (χ1) is 60.3. The Morgan fingerprint density at radius 2 is 0.641 bits per heavy atom. The number of esters is 5. The van der Waals surface area contributed by atoms with Crippen LogP contribution in [0.2, 0.25) is 0 Å². The van der Waals surface area contributed by atoms with Crippen LogP contribution in [0, 0.1) is 82.4 Å². The van der Waals surface area contributed by atoms with Crippen molar-refractivity contribution in [2.24, 2.45) is 58.4 Å². The third-order valence-electron chi connectivity index (χ3n) is 22.7. The van der Waals surface area contributed by atoms with E-state index >= 15 is 0 Å². The van der Waals surface area contributed by atoms with Gasteiger partial charge in [-0.15, -0.1) is 0 Å². The molecule has 11 rings (SSSR count). The van der Waals surface area contributed by atoms with E-state index in [0.717, 1.165) is 47.1 Å². The number of ether oxygens (including phenoxy) is 5. The maximum Gasteiger partial charge on any atom is 0.339 e. The highest BCUT2D eigenvalue weighted by Gasteiger charge is 2.39. The predicted molar refractivity (Wildman–Crippen MR) is 510 cm³/mol. The molecule has 5 N–H and O–H groups in total. The Balaban J connectivity index is 0.000000224. The zero-order chi connectivity index (χ0) is 98.9. The number of hydrogen-bond donors (Lipinski definition) is 5. The van der Waals surface area contributed by atoms with Crippen molar-refractivity contribution in [1.29, 1.82) is 0 Å². The van der Waals surface area contributed by atoms with E-state index in [-0.39, 0.29) is 63.7 Å². The summed E-state index contributed by atoms with van der Waals surface area (Å²) in [4.78, 5) is 127. The molecular weight excluding hydrogens is 1660 g/mol. The van der Waals surface area contributed by atoms with Crippen molar-refractivity contribution < 1.29 is 73.2 Å². The van der Waals surface area contributed by atoms with Gasteiger partial charge in [0, 0.05) is 182 Å².